The molecular weight excluding hydrogens is 252 g/mol. The van der Waals surface area contributed by atoms with Crippen LogP contribution in [0.15, 0.2) is 17.5 Å². The number of hydrogen-bond acceptors (Lipinski definition) is 3. The monoisotopic (exact) mass is 280 g/mol. The van der Waals surface area contributed by atoms with Crippen LogP contribution in [-0.4, -0.2) is 31.1 Å². The molecule has 1 aromatic rings. The Morgan fingerprint density at radius 2 is 2.21 bits per heavy atom. The van der Waals surface area contributed by atoms with Crippen molar-refractivity contribution in [2.45, 2.75) is 51.6 Å². The van der Waals surface area contributed by atoms with Gasteiger partial charge in [0.1, 0.15) is 0 Å². The maximum absolute atomic E-state index is 3.76. The Bertz CT molecular complexity index is 350. The molecule has 2 nitrogen and oxygen atoms in total. The van der Waals surface area contributed by atoms with Crippen molar-refractivity contribution in [2.75, 3.05) is 20.1 Å². The van der Waals surface area contributed by atoms with Crippen LogP contribution in [-0.2, 0) is 0 Å². The second-order valence-electron chi connectivity index (χ2n) is 5.99. The molecule has 0 aliphatic heterocycles. The summed E-state index contributed by atoms with van der Waals surface area (Å²) in [4.78, 5) is 3.92. The standard InChI is InChI=1S/C16H28N2S/c1-13-7-4-5-8-15(13)17-10-11-18(3)14(2)16-9-6-12-19-16/h6,9,12-15,17H,4-5,7-8,10-11H2,1-3H3. The van der Waals surface area contributed by atoms with E-state index >= 15 is 0 Å². The maximum atomic E-state index is 3.76. The van der Waals surface area contributed by atoms with Gasteiger partial charge in [0.2, 0.25) is 0 Å². The predicted octanol–water partition coefficient (Wildman–Crippen LogP) is 3.91. The van der Waals surface area contributed by atoms with Crippen molar-refractivity contribution in [1.29, 1.82) is 0 Å². The van der Waals surface area contributed by atoms with Crippen LogP contribution in [0.5, 0.6) is 0 Å². The van der Waals surface area contributed by atoms with Crippen LogP contribution < -0.4 is 5.32 Å². The Kier molecular flexibility index (Phi) is 5.86. The fourth-order valence-corrected chi connectivity index (χ4v) is 3.83. The van der Waals surface area contributed by atoms with Crippen molar-refractivity contribution in [3.63, 3.8) is 0 Å². The molecule has 1 N–H and O–H groups in total. The minimum Gasteiger partial charge on any atom is -0.312 e. The maximum Gasteiger partial charge on any atom is 0.0410 e. The predicted molar refractivity (Wildman–Crippen MR) is 84.8 cm³/mol. The SMILES string of the molecule is CC1CCCCC1NCCN(C)C(C)c1cccs1. The van der Waals surface area contributed by atoms with Crippen LogP contribution >= 0.6 is 11.3 Å². The molecule has 0 spiro atoms. The summed E-state index contributed by atoms with van der Waals surface area (Å²) in [6, 6.07) is 5.67. The molecule has 0 radical (unpaired) electrons. The van der Waals surface area contributed by atoms with Gasteiger partial charge in [0, 0.05) is 30.1 Å². The number of hydrogen-bond donors (Lipinski definition) is 1. The molecule has 1 saturated carbocycles. The third-order valence-electron chi connectivity index (χ3n) is 4.60. The van der Waals surface area contributed by atoms with Gasteiger partial charge in [-0.05, 0) is 44.2 Å². The first-order valence-corrected chi connectivity index (χ1v) is 8.53. The Balaban J connectivity index is 1.70. The zero-order chi connectivity index (χ0) is 13.7. The molecular formula is C16H28N2S. The van der Waals surface area contributed by atoms with E-state index in [1.165, 1.54) is 30.6 Å². The lowest BCUT2D eigenvalue weighted by atomic mass is 9.86. The zero-order valence-electron chi connectivity index (χ0n) is 12.6. The molecule has 108 valence electrons. The Labute approximate surface area is 122 Å². The largest absolute Gasteiger partial charge is 0.312 e. The molecule has 2 rings (SSSR count). The Morgan fingerprint density at radius 3 is 2.89 bits per heavy atom. The lowest BCUT2D eigenvalue weighted by Gasteiger charge is -2.31. The summed E-state index contributed by atoms with van der Waals surface area (Å²) in [7, 11) is 2.23. The van der Waals surface area contributed by atoms with Gasteiger partial charge in [-0.15, -0.1) is 11.3 Å². The van der Waals surface area contributed by atoms with Gasteiger partial charge < -0.3 is 5.32 Å². The highest BCUT2D eigenvalue weighted by molar-refractivity contribution is 7.10. The highest BCUT2D eigenvalue weighted by atomic mass is 32.1. The fraction of sp³-hybridized carbons (Fsp3) is 0.750. The van der Waals surface area contributed by atoms with E-state index in [0.29, 0.717) is 6.04 Å². The van der Waals surface area contributed by atoms with E-state index in [-0.39, 0.29) is 0 Å². The summed E-state index contributed by atoms with van der Waals surface area (Å²) >= 11 is 1.86. The van der Waals surface area contributed by atoms with Gasteiger partial charge in [-0.25, -0.2) is 0 Å². The molecule has 3 unspecified atom stereocenters. The summed E-state index contributed by atoms with van der Waals surface area (Å²) in [6.07, 6.45) is 5.60. The minimum atomic E-state index is 0.533. The van der Waals surface area contributed by atoms with Crippen molar-refractivity contribution in [2.24, 2.45) is 5.92 Å². The molecule has 1 aromatic heterocycles. The van der Waals surface area contributed by atoms with Crippen molar-refractivity contribution in [3.8, 4) is 0 Å². The van der Waals surface area contributed by atoms with E-state index in [0.717, 1.165) is 25.0 Å². The van der Waals surface area contributed by atoms with E-state index in [1.807, 2.05) is 11.3 Å². The lowest BCUT2D eigenvalue weighted by molar-refractivity contribution is 0.235. The molecule has 3 heteroatoms. The molecule has 1 heterocycles. The Morgan fingerprint density at radius 1 is 1.42 bits per heavy atom. The van der Waals surface area contributed by atoms with E-state index in [9.17, 15) is 0 Å². The molecule has 1 aliphatic carbocycles. The lowest BCUT2D eigenvalue weighted by Crippen LogP contribution is -2.41. The molecule has 0 bridgehead atoms. The summed E-state index contributed by atoms with van der Waals surface area (Å²) in [5.74, 6) is 0.855. The summed E-state index contributed by atoms with van der Waals surface area (Å²) < 4.78 is 0. The first kappa shape index (κ1) is 15.0. The molecule has 19 heavy (non-hydrogen) atoms. The average molecular weight is 280 g/mol. The van der Waals surface area contributed by atoms with Crippen molar-refractivity contribution in [3.05, 3.63) is 22.4 Å². The molecule has 1 fully saturated rings. The quantitative estimate of drug-likeness (QED) is 0.850. The number of thiophene rings is 1. The third-order valence-corrected chi connectivity index (χ3v) is 5.64. The van der Waals surface area contributed by atoms with Crippen LogP contribution in [0, 0.1) is 5.92 Å². The zero-order valence-corrected chi connectivity index (χ0v) is 13.4. The summed E-state index contributed by atoms with van der Waals surface area (Å²) in [5, 5.41) is 5.93. The molecule has 0 amide bonds. The fourth-order valence-electron chi connectivity index (χ4n) is 2.99. The van der Waals surface area contributed by atoms with Gasteiger partial charge in [0.05, 0.1) is 0 Å². The number of nitrogens with one attached hydrogen (secondary N) is 1. The number of likely N-dealkylation sites (N-methyl/N-ethyl adjacent to an activating group) is 1. The van der Waals surface area contributed by atoms with Gasteiger partial charge in [-0.2, -0.15) is 0 Å². The molecule has 3 atom stereocenters. The topological polar surface area (TPSA) is 15.3 Å². The normalized spacial score (nSPS) is 25.7. The first-order valence-electron chi connectivity index (χ1n) is 7.65. The van der Waals surface area contributed by atoms with Gasteiger partial charge >= 0.3 is 0 Å². The van der Waals surface area contributed by atoms with E-state index in [1.54, 1.807) is 0 Å². The van der Waals surface area contributed by atoms with Crippen LogP contribution in [0.3, 0.4) is 0 Å². The highest BCUT2D eigenvalue weighted by Gasteiger charge is 2.20. The first-order chi connectivity index (χ1) is 9.18. The van der Waals surface area contributed by atoms with Gasteiger partial charge in [0.15, 0.2) is 0 Å². The van der Waals surface area contributed by atoms with Crippen molar-refractivity contribution < 1.29 is 0 Å². The van der Waals surface area contributed by atoms with Gasteiger partial charge in [-0.1, -0.05) is 25.8 Å². The van der Waals surface area contributed by atoms with E-state index in [4.69, 9.17) is 0 Å². The number of rotatable bonds is 6. The van der Waals surface area contributed by atoms with Gasteiger partial charge in [-0.3, -0.25) is 4.90 Å². The minimum absolute atomic E-state index is 0.533. The van der Waals surface area contributed by atoms with Crippen LogP contribution in [0.25, 0.3) is 0 Å². The Hall–Kier alpha value is -0.380. The molecule has 1 aliphatic rings. The van der Waals surface area contributed by atoms with Gasteiger partial charge in [0.25, 0.3) is 0 Å². The highest BCUT2D eigenvalue weighted by Crippen LogP contribution is 2.24. The second-order valence-corrected chi connectivity index (χ2v) is 6.97. The number of nitrogens with zero attached hydrogens (tertiary/aromatic N) is 1. The van der Waals surface area contributed by atoms with E-state index < -0.39 is 0 Å². The van der Waals surface area contributed by atoms with Crippen molar-refractivity contribution >= 4 is 11.3 Å². The van der Waals surface area contributed by atoms with Crippen LogP contribution in [0.1, 0.15) is 50.4 Å². The smallest absolute Gasteiger partial charge is 0.0410 e. The third kappa shape index (κ3) is 4.30. The van der Waals surface area contributed by atoms with E-state index in [2.05, 4.69) is 48.6 Å². The summed E-state index contributed by atoms with van der Waals surface area (Å²) in [6.45, 7) is 6.94. The second kappa shape index (κ2) is 7.41. The van der Waals surface area contributed by atoms with Crippen LogP contribution in [0.2, 0.25) is 0 Å². The van der Waals surface area contributed by atoms with Crippen molar-refractivity contribution in [1.82, 2.24) is 10.2 Å². The average Bonchev–Trinajstić information content (AvgIpc) is 2.94. The molecule has 0 aromatic carbocycles. The summed E-state index contributed by atoms with van der Waals surface area (Å²) in [5.41, 5.74) is 0. The molecule has 0 saturated heterocycles. The van der Waals surface area contributed by atoms with Crippen LogP contribution in [0.4, 0.5) is 0 Å².